The molecule has 1 fully saturated rings. The van der Waals surface area contributed by atoms with E-state index < -0.39 is 0 Å². The summed E-state index contributed by atoms with van der Waals surface area (Å²) < 4.78 is 10.5. The highest BCUT2D eigenvalue weighted by molar-refractivity contribution is 6.04. The smallest absolute Gasteiger partial charge is 0.253 e. The number of nitrogens with zero attached hydrogens (tertiary/aromatic N) is 3. The number of carbonyl (C=O) groups is 1. The number of carbonyl (C=O) groups excluding carboxylic acids is 1. The number of rotatable bonds is 8. The number of imidazole rings is 1. The minimum absolute atomic E-state index is 0. The molecule has 4 rings (SSSR count). The molecule has 2 N–H and O–H groups in total. The third-order valence-corrected chi connectivity index (χ3v) is 5.15. The zero-order valence-electron chi connectivity index (χ0n) is 17.6. The van der Waals surface area contributed by atoms with Crippen LogP contribution in [0.25, 0.3) is 22.6 Å². The molecular formula is C22H28ClN5O3. The Morgan fingerprint density at radius 2 is 2.13 bits per heavy atom. The molecule has 166 valence electrons. The van der Waals surface area contributed by atoms with Crippen molar-refractivity contribution in [2.45, 2.75) is 13.0 Å². The molecule has 1 aromatic carbocycles. The van der Waals surface area contributed by atoms with Gasteiger partial charge in [-0.3, -0.25) is 9.69 Å². The Morgan fingerprint density at radius 1 is 1.29 bits per heavy atom. The van der Waals surface area contributed by atoms with Crippen molar-refractivity contribution in [1.29, 1.82) is 0 Å². The Hall–Kier alpha value is -2.52. The number of aromatic nitrogens is 3. The molecule has 0 spiro atoms. The number of amides is 1. The second-order valence-electron chi connectivity index (χ2n) is 7.33. The molecule has 1 saturated heterocycles. The minimum Gasteiger partial charge on any atom is -0.385 e. The van der Waals surface area contributed by atoms with Gasteiger partial charge in [0.15, 0.2) is 5.65 Å². The maximum atomic E-state index is 12.6. The van der Waals surface area contributed by atoms with Crippen molar-refractivity contribution in [2.75, 3.05) is 46.6 Å². The van der Waals surface area contributed by atoms with Crippen molar-refractivity contribution in [3.63, 3.8) is 0 Å². The number of H-pyrrole nitrogens is 1. The molecule has 0 aliphatic carbocycles. The highest BCUT2D eigenvalue weighted by Gasteiger charge is 2.16. The topological polar surface area (TPSA) is 92.4 Å². The normalized spacial score (nSPS) is 14.4. The standard InChI is InChI=1S/C22H27N5O3.ClH/c1-29-11-3-7-24-22(28)18-6-8-23-21-19(18)25-20(26-21)17-5-2-4-16(14-17)15-27-9-12-30-13-10-27;/h2,4-6,8,14H,3,7,9-13,15H2,1H3,(H,24,28)(H,23,25,26);1H. The van der Waals surface area contributed by atoms with Crippen LogP contribution in [-0.2, 0) is 16.0 Å². The van der Waals surface area contributed by atoms with Crippen LogP contribution in [0.2, 0.25) is 0 Å². The average molecular weight is 446 g/mol. The van der Waals surface area contributed by atoms with Gasteiger partial charge in [0.25, 0.3) is 5.91 Å². The minimum atomic E-state index is -0.155. The van der Waals surface area contributed by atoms with Crippen LogP contribution in [0.3, 0.4) is 0 Å². The molecule has 0 atom stereocenters. The first-order valence-corrected chi connectivity index (χ1v) is 10.3. The van der Waals surface area contributed by atoms with Crippen LogP contribution in [-0.4, -0.2) is 72.3 Å². The molecule has 0 unspecified atom stereocenters. The molecule has 2 aromatic heterocycles. The molecule has 0 saturated carbocycles. The van der Waals surface area contributed by atoms with Crippen molar-refractivity contribution in [3.8, 4) is 11.4 Å². The van der Waals surface area contributed by atoms with Crippen LogP contribution in [0.15, 0.2) is 36.5 Å². The highest BCUT2D eigenvalue weighted by atomic mass is 35.5. The van der Waals surface area contributed by atoms with E-state index in [1.54, 1.807) is 19.4 Å². The fourth-order valence-corrected chi connectivity index (χ4v) is 3.58. The summed E-state index contributed by atoms with van der Waals surface area (Å²) in [6, 6.07) is 10.0. The number of hydrogen-bond acceptors (Lipinski definition) is 6. The van der Waals surface area contributed by atoms with Gasteiger partial charge in [-0.15, -0.1) is 12.4 Å². The van der Waals surface area contributed by atoms with Gasteiger partial charge in [-0.05, 0) is 24.1 Å². The molecule has 31 heavy (non-hydrogen) atoms. The lowest BCUT2D eigenvalue weighted by molar-refractivity contribution is 0.0342. The number of fused-ring (bicyclic) bond motifs is 1. The molecule has 9 heteroatoms. The Morgan fingerprint density at radius 3 is 2.94 bits per heavy atom. The second kappa shape index (κ2) is 11.2. The Labute approximate surface area is 187 Å². The molecule has 1 aliphatic heterocycles. The summed E-state index contributed by atoms with van der Waals surface area (Å²) >= 11 is 0. The fraction of sp³-hybridized carbons (Fsp3) is 0.409. The molecule has 3 heterocycles. The summed E-state index contributed by atoms with van der Waals surface area (Å²) in [6.07, 6.45) is 2.39. The van der Waals surface area contributed by atoms with E-state index in [9.17, 15) is 4.79 Å². The average Bonchev–Trinajstić information content (AvgIpc) is 3.22. The van der Waals surface area contributed by atoms with Crippen molar-refractivity contribution >= 4 is 29.5 Å². The van der Waals surface area contributed by atoms with Crippen LogP contribution in [0, 0.1) is 0 Å². The number of ether oxygens (including phenoxy) is 2. The molecule has 1 amide bonds. The van der Waals surface area contributed by atoms with Gasteiger partial charge in [-0.25, -0.2) is 9.97 Å². The number of methoxy groups -OCH3 is 1. The van der Waals surface area contributed by atoms with Crippen LogP contribution in [0.4, 0.5) is 0 Å². The van der Waals surface area contributed by atoms with Gasteiger partial charge in [0.05, 0.1) is 18.8 Å². The third kappa shape index (κ3) is 5.80. The van der Waals surface area contributed by atoms with E-state index >= 15 is 0 Å². The van der Waals surface area contributed by atoms with E-state index in [0.717, 1.165) is 44.8 Å². The highest BCUT2D eigenvalue weighted by Crippen LogP contribution is 2.23. The van der Waals surface area contributed by atoms with Crippen molar-refractivity contribution < 1.29 is 14.3 Å². The first-order valence-electron chi connectivity index (χ1n) is 10.3. The van der Waals surface area contributed by atoms with Gasteiger partial charge >= 0.3 is 0 Å². The summed E-state index contributed by atoms with van der Waals surface area (Å²) in [5.41, 5.74) is 3.90. The first kappa shape index (κ1) is 23.1. The summed E-state index contributed by atoms with van der Waals surface area (Å²) in [4.78, 5) is 27.3. The summed E-state index contributed by atoms with van der Waals surface area (Å²) in [5.74, 6) is 0.554. The van der Waals surface area contributed by atoms with E-state index in [-0.39, 0.29) is 18.3 Å². The maximum absolute atomic E-state index is 12.6. The third-order valence-electron chi connectivity index (χ3n) is 5.15. The van der Waals surface area contributed by atoms with E-state index in [1.165, 1.54) is 5.56 Å². The summed E-state index contributed by atoms with van der Waals surface area (Å²) in [7, 11) is 1.65. The zero-order chi connectivity index (χ0) is 20.8. The SMILES string of the molecule is COCCCNC(=O)c1ccnc2[nH]c(-c3cccc(CN4CCOCC4)c3)nc12.Cl. The van der Waals surface area contributed by atoms with Gasteiger partial charge < -0.3 is 19.8 Å². The van der Waals surface area contributed by atoms with E-state index in [1.807, 2.05) is 12.1 Å². The second-order valence-corrected chi connectivity index (χ2v) is 7.33. The quantitative estimate of drug-likeness (QED) is 0.518. The zero-order valence-corrected chi connectivity index (χ0v) is 18.4. The fourth-order valence-electron chi connectivity index (χ4n) is 3.58. The van der Waals surface area contributed by atoms with Gasteiger partial charge in [0.1, 0.15) is 11.3 Å². The molecule has 0 bridgehead atoms. The number of hydrogen-bond donors (Lipinski definition) is 2. The van der Waals surface area contributed by atoms with Crippen molar-refractivity contribution in [3.05, 3.63) is 47.7 Å². The van der Waals surface area contributed by atoms with Gasteiger partial charge in [0.2, 0.25) is 0 Å². The molecular weight excluding hydrogens is 418 g/mol. The molecule has 8 nitrogen and oxygen atoms in total. The maximum Gasteiger partial charge on any atom is 0.253 e. The van der Waals surface area contributed by atoms with Gasteiger partial charge in [0, 0.05) is 51.7 Å². The predicted octanol–water partition coefficient (Wildman–Crippen LogP) is 2.65. The lowest BCUT2D eigenvalue weighted by Gasteiger charge is -2.26. The monoisotopic (exact) mass is 445 g/mol. The van der Waals surface area contributed by atoms with Gasteiger partial charge in [-0.2, -0.15) is 0 Å². The Bertz CT molecular complexity index is 1000. The van der Waals surface area contributed by atoms with Gasteiger partial charge in [-0.1, -0.05) is 18.2 Å². The van der Waals surface area contributed by atoms with Crippen LogP contribution in [0.5, 0.6) is 0 Å². The number of benzene rings is 1. The Kier molecular flexibility index (Phi) is 8.36. The number of pyridine rings is 1. The summed E-state index contributed by atoms with van der Waals surface area (Å²) in [5, 5.41) is 2.91. The number of aromatic amines is 1. The van der Waals surface area contributed by atoms with E-state index in [2.05, 4.69) is 32.3 Å². The van der Waals surface area contributed by atoms with Crippen molar-refractivity contribution in [2.24, 2.45) is 0 Å². The number of morpholine rings is 1. The van der Waals surface area contributed by atoms with E-state index in [0.29, 0.717) is 35.7 Å². The first-order chi connectivity index (χ1) is 14.7. The van der Waals surface area contributed by atoms with Crippen molar-refractivity contribution in [1.82, 2.24) is 25.2 Å². The number of halogens is 1. The van der Waals surface area contributed by atoms with Crippen LogP contribution in [0.1, 0.15) is 22.3 Å². The van der Waals surface area contributed by atoms with Crippen LogP contribution >= 0.6 is 12.4 Å². The predicted molar refractivity (Wildman–Crippen MR) is 121 cm³/mol. The van der Waals surface area contributed by atoms with E-state index in [4.69, 9.17) is 14.5 Å². The lowest BCUT2D eigenvalue weighted by Crippen LogP contribution is -2.35. The molecule has 3 aromatic rings. The lowest BCUT2D eigenvalue weighted by atomic mass is 10.1. The summed E-state index contributed by atoms with van der Waals surface area (Å²) in [6.45, 7) is 5.50. The largest absolute Gasteiger partial charge is 0.385 e. The number of nitrogens with one attached hydrogen (secondary N) is 2. The van der Waals surface area contributed by atoms with Crippen LogP contribution < -0.4 is 5.32 Å². The molecule has 1 aliphatic rings. The Balaban J connectivity index is 0.00000272. The molecule has 0 radical (unpaired) electrons.